The Labute approximate surface area is 164 Å². The first-order valence-corrected chi connectivity index (χ1v) is 9.96. The van der Waals surface area contributed by atoms with Crippen LogP contribution in [-0.2, 0) is 16.6 Å². The van der Waals surface area contributed by atoms with Crippen molar-refractivity contribution in [2.75, 3.05) is 13.1 Å². The number of aromatic amines is 1. The van der Waals surface area contributed by atoms with Gasteiger partial charge in [-0.2, -0.15) is 0 Å². The first-order valence-electron chi connectivity index (χ1n) is 9.96. The number of nitrogens with two attached hydrogens (primary N) is 1. The number of hydrogen-bond acceptors (Lipinski definition) is 3. The van der Waals surface area contributed by atoms with Crippen LogP contribution in [0.15, 0.2) is 54.7 Å². The van der Waals surface area contributed by atoms with Crippen LogP contribution in [0.5, 0.6) is 0 Å². The molecule has 1 aliphatic heterocycles. The van der Waals surface area contributed by atoms with E-state index in [1.54, 1.807) is 0 Å². The zero-order valence-electron chi connectivity index (χ0n) is 15.8. The molecule has 1 fully saturated rings. The van der Waals surface area contributed by atoms with Crippen molar-refractivity contribution in [3.05, 3.63) is 71.4 Å². The van der Waals surface area contributed by atoms with Crippen molar-refractivity contribution in [2.24, 2.45) is 5.73 Å². The van der Waals surface area contributed by atoms with Crippen LogP contribution in [0.25, 0.3) is 10.9 Å². The quantitative estimate of drug-likeness (QED) is 0.644. The van der Waals surface area contributed by atoms with Crippen molar-refractivity contribution in [3.63, 3.8) is 0 Å². The first-order chi connectivity index (χ1) is 13.6. The van der Waals surface area contributed by atoms with Crippen molar-refractivity contribution in [1.29, 1.82) is 0 Å². The number of fused-ring (bicyclic) bond motifs is 3. The number of aromatic nitrogens is 1. The van der Waals surface area contributed by atoms with Crippen molar-refractivity contribution < 1.29 is 9.90 Å². The number of nitrogens with zero attached hydrogens (tertiary/aromatic N) is 1. The average molecular weight is 375 g/mol. The molecule has 1 aliphatic carbocycles. The number of benzene rings is 2. The molecule has 2 atom stereocenters. The number of aliphatic hydroxyl groups is 1. The van der Waals surface area contributed by atoms with Crippen molar-refractivity contribution in [3.8, 4) is 0 Å². The highest BCUT2D eigenvalue weighted by molar-refractivity contribution is 5.89. The second-order valence-electron chi connectivity index (χ2n) is 8.13. The molecule has 3 aromatic rings. The Morgan fingerprint density at radius 3 is 2.68 bits per heavy atom. The van der Waals surface area contributed by atoms with Gasteiger partial charge in [-0.05, 0) is 35.6 Å². The Kier molecular flexibility index (Phi) is 4.03. The molecule has 2 aliphatic rings. The molecule has 0 saturated carbocycles. The van der Waals surface area contributed by atoms with E-state index in [9.17, 15) is 9.90 Å². The van der Waals surface area contributed by atoms with Crippen LogP contribution in [0.4, 0.5) is 0 Å². The summed E-state index contributed by atoms with van der Waals surface area (Å²) in [4.78, 5) is 18.1. The highest BCUT2D eigenvalue weighted by Crippen LogP contribution is 2.50. The summed E-state index contributed by atoms with van der Waals surface area (Å²) in [6.45, 7) is 1.30. The lowest BCUT2D eigenvalue weighted by molar-refractivity contribution is -0.132. The molecule has 144 valence electrons. The molecule has 2 aromatic carbocycles. The maximum atomic E-state index is 12.9. The first kappa shape index (κ1) is 17.5. The zero-order chi connectivity index (χ0) is 19.3. The van der Waals surface area contributed by atoms with Crippen LogP contribution in [0.2, 0.25) is 0 Å². The molecule has 5 rings (SSSR count). The van der Waals surface area contributed by atoms with E-state index >= 15 is 0 Å². The minimum atomic E-state index is -0.587. The molecular weight excluding hydrogens is 350 g/mol. The summed E-state index contributed by atoms with van der Waals surface area (Å²) in [7, 11) is 0. The van der Waals surface area contributed by atoms with E-state index in [4.69, 9.17) is 5.73 Å². The molecule has 0 radical (unpaired) electrons. The number of aliphatic hydroxyl groups excluding tert-OH is 1. The van der Waals surface area contributed by atoms with Gasteiger partial charge in [0.1, 0.15) is 0 Å². The number of H-pyrrole nitrogens is 1. The van der Waals surface area contributed by atoms with Gasteiger partial charge in [-0.25, -0.2) is 0 Å². The Morgan fingerprint density at radius 1 is 1.14 bits per heavy atom. The van der Waals surface area contributed by atoms with Crippen LogP contribution in [0.1, 0.15) is 35.6 Å². The molecular formula is C23H25N3O2. The molecule has 1 amide bonds. The number of amides is 1. The number of piperidine rings is 1. The van der Waals surface area contributed by atoms with Gasteiger partial charge >= 0.3 is 0 Å². The van der Waals surface area contributed by atoms with Gasteiger partial charge < -0.3 is 20.7 Å². The fourth-order valence-corrected chi connectivity index (χ4v) is 5.19. The molecule has 1 aromatic heterocycles. The highest BCUT2D eigenvalue weighted by Gasteiger charge is 2.51. The van der Waals surface area contributed by atoms with Crippen molar-refractivity contribution >= 4 is 16.8 Å². The maximum Gasteiger partial charge on any atom is 0.227 e. The van der Waals surface area contributed by atoms with Gasteiger partial charge in [-0.15, -0.1) is 0 Å². The molecule has 0 bridgehead atoms. The topological polar surface area (TPSA) is 82.3 Å². The van der Waals surface area contributed by atoms with Gasteiger partial charge in [0.2, 0.25) is 5.91 Å². The Bertz CT molecular complexity index is 1030. The lowest BCUT2D eigenvalue weighted by atomic mass is 9.72. The van der Waals surface area contributed by atoms with E-state index in [1.807, 2.05) is 53.6 Å². The third-order valence-corrected chi connectivity index (χ3v) is 6.79. The van der Waals surface area contributed by atoms with Crippen LogP contribution >= 0.6 is 0 Å². The lowest BCUT2D eigenvalue weighted by Gasteiger charge is -2.42. The van der Waals surface area contributed by atoms with Crippen LogP contribution < -0.4 is 5.73 Å². The third kappa shape index (κ3) is 2.50. The number of likely N-dealkylation sites (tertiary alicyclic amines) is 1. The van der Waals surface area contributed by atoms with Gasteiger partial charge in [-0.3, -0.25) is 4.79 Å². The lowest BCUT2D eigenvalue weighted by Crippen LogP contribution is -2.50. The SMILES string of the molecule is N[C@H]1c2ccccc2C2(CCN(C(=O)Cc3c[nH]c4ccccc34)CC2)[C@@H]1O. The molecule has 1 saturated heterocycles. The number of nitrogens with one attached hydrogen (secondary N) is 1. The smallest absolute Gasteiger partial charge is 0.227 e. The number of carbonyl (C=O) groups is 1. The second kappa shape index (κ2) is 6.47. The molecule has 5 heteroatoms. The third-order valence-electron chi connectivity index (χ3n) is 6.79. The normalized spacial score (nSPS) is 23.3. The van der Waals surface area contributed by atoms with Crippen LogP contribution in [-0.4, -0.2) is 40.1 Å². The summed E-state index contributed by atoms with van der Waals surface area (Å²) < 4.78 is 0. The molecule has 4 N–H and O–H groups in total. The zero-order valence-corrected chi connectivity index (χ0v) is 15.8. The number of hydrogen-bond donors (Lipinski definition) is 3. The molecule has 5 nitrogen and oxygen atoms in total. The van der Waals surface area contributed by atoms with Crippen LogP contribution in [0.3, 0.4) is 0 Å². The summed E-state index contributed by atoms with van der Waals surface area (Å²) in [6, 6.07) is 15.8. The Balaban J connectivity index is 1.33. The summed E-state index contributed by atoms with van der Waals surface area (Å²) in [5.41, 5.74) is 10.3. The van der Waals surface area contributed by atoms with E-state index in [0.29, 0.717) is 19.5 Å². The summed E-state index contributed by atoms with van der Waals surface area (Å²) in [6.07, 6.45) is 3.24. The fraction of sp³-hybridized carbons (Fsp3) is 0.348. The van der Waals surface area contributed by atoms with E-state index in [2.05, 4.69) is 11.1 Å². The predicted octanol–water partition coefficient (Wildman–Crippen LogP) is 2.65. The van der Waals surface area contributed by atoms with Gasteiger partial charge in [0.25, 0.3) is 0 Å². The average Bonchev–Trinajstić information content (AvgIpc) is 3.23. The number of rotatable bonds is 2. The summed E-state index contributed by atoms with van der Waals surface area (Å²) in [5.74, 6) is 0.143. The van der Waals surface area contributed by atoms with Crippen molar-refractivity contribution in [1.82, 2.24) is 9.88 Å². The van der Waals surface area contributed by atoms with Crippen molar-refractivity contribution in [2.45, 2.75) is 36.8 Å². The monoisotopic (exact) mass is 375 g/mol. The fourth-order valence-electron chi connectivity index (χ4n) is 5.19. The number of para-hydroxylation sites is 1. The van der Waals surface area contributed by atoms with Crippen LogP contribution in [0, 0.1) is 0 Å². The Morgan fingerprint density at radius 2 is 1.86 bits per heavy atom. The minimum absolute atomic E-state index is 0.143. The molecule has 0 unspecified atom stereocenters. The van der Waals surface area contributed by atoms with E-state index in [-0.39, 0.29) is 17.4 Å². The predicted molar refractivity (Wildman–Crippen MR) is 109 cm³/mol. The van der Waals surface area contributed by atoms with Gasteiger partial charge in [-0.1, -0.05) is 42.5 Å². The van der Waals surface area contributed by atoms with Gasteiger partial charge in [0.15, 0.2) is 0 Å². The molecule has 2 heterocycles. The van der Waals surface area contributed by atoms with E-state index < -0.39 is 6.10 Å². The Hall–Kier alpha value is -2.63. The summed E-state index contributed by atoms with van der Waals surface area (Å²) >= 11 is 0. The number of carbonyl (C=O) groups excluding carboxylic acids is 1. The second-order valence-corrected chi connectivity index (χ2v) is 8.13. The molecule has 1 spiro atoms. The van der Waals surface area contributed by atoms with E-state index in [1.165, 1.54) is 5.56 Å². The summed E-state index contributed by atoms with van der Waals surface area (Å²) in [5, 5.41) is 12.0. The van der Waals surface area contributed by atoms with Gasteiger partial charge in [0, 0.05) is 35.6 Å². The highest BCUT2D eigenvalue weighted by atomic mass is 16.3. The minimum Gasteiger partial charge on any atom is -0.390 e. The standard InChI is InChI=1S/C23H25N3O2/c24-21-17-6-1-3-7-18(17)23(22(21)28)9-11-26(12-10-23)20(27)13-15-14-25-19-8-4-2-5-16(15)19/h1-8,14,21-22,25,28H,9-13,24H2/t21-,22+/m0/s1. The molecule has 28 heavy (non-hydrogen) atoms. The largest absolute Gasteiger partial charge is 0.390 e. The van der Waals surface area contributed by atoms with E-state index in [0.717, 1.165) is 34.9 Å². The maximum absolute atomic E-state index is 12.9. The van der Waals surface area contributed by atoms with Gasteiger partial charge in [0.05, 0.1) is 18.6 Å².